The molecule has 2 aliphatic heterocycles. The zero-order chi connectivity index (χ0) is 27.6. The molecule has 0 saturated carbocycles. The summed E-state index contributed by atoms with van der Waals surface area (Å²) in [5.41, 5.74) is 1.94. The fourth-order valence-electron chi connectivity index (χ4n) is 5.34. The van der Waals surface area contributed by atoms with E-state index >= 15 is 0 Å². The highest BCUT2D eigenvalue weighted by Gasteiger charge is 2.26. The Morgan fingerprint density at radius 1 is 1.12 bits per heavy atom. The fourth-order valence-corrected chi connectivity index (χ4v) is 5.80. The Hall–Kier alpha value is -3.11. The first-order chi connectivity index (χ1) is 19.4. The molecule has 4 heterocycles. The third-order valence-electron chi connectivity index (χ3n) is 7.66. The quantitative estimate of drug-likeness (QED) is 0.247. The highest BCUT2D eigenvalue weighted by atomic mass is 35.5. The predicted molar refractivity (Wildman–Crippen MR) is 150 cm³/mol. The van der Waals surface area contributed by atoms with Gasteiger partial charge < -0.3 is 23.6 Å². The number of hydrogen-bond acceptors (Lipinski definition) is 7. The van der Waals surface area contributed by atoms with Gasteiger partial charge in [-0.2, -0.15) is 0 Å². The van der Waals surface area contributed by atoms with Gasteiger partial charge in [-0.25, -0.2) is 14.8 Å². The van der Waals surface area contributed by atoms with E-state index in [1.54, 1.807) is 42.6 Å². The Morgan fingerprint density at radius 2 is 1.95 bits per heavy atom. The minimum absolute atomic E-state index is 0.149. The summed E-state index contributed by atoms with van der Waals surface area (Å²) < 4.78 is 19.5. The zero-order valence-corrected chi connectivity index (χ0v) is 23.4. The predicted octanol–water partition coefficient (Wildman–Crippen LogP) is 5.85. The van der Waals surface area contributed by atoms with Gasteiger partial charge in [-0.1, -0.05) is 23.2 Å². The van der Waals surface area contributed by atoms with E-state index in [4.69, 9.17) is 42.1 Å². The second kappa shape index (κ2) is 11.8. The van der Waals surface area contributed by atoms with Gasteiger partial charge >= 0.3 is 5.97 Å². The van der Waals surface area contributed by atoms with E-state index in [1.165, 1.54) is 0 Å². The Morgan fingerprint density at radius 3 is 2.67 bits per heavy atom. The highest BCUT2D eigenvalue weighted by molar-refractivity contribution is 6.35. The molecular weight excluding hydrogens is 555 g/mol. The number of carboxylic acids is 1. The number of carboxylic acid groups (broad SMARTS) is 1. The monoisotopic (exact) mass is 584 g/mol. The number of halogens is 2. The third-order valence-corrected chi connectivity index (χ3v) is 8.19. The van der Waals surface area contributed by atoms with Gasteiger partial charge in [-0.05, 0) is 74.7 Å². The maximum absolute atomic E-state index is 11.6. The second-order valence-corrected chi connectivity index (χ2v) is 11.3. The summed E-state index contributed by atoms with van der Waals surface area (Å²) >= 11 is 12.1. The van der Waals surface area contributed by atoms with Crippen molar-refractivity contribution in [2.45, 2.75) is 51.5 Å². The van der Waals surface area contributed by atoms with Gasteiger partial charge in [0.15, 0.2) is 6.61 Å². The molecular formula is C29H30Cl2N4O5. The summed E-state index contributed by atoms with van der Waals surface area (Å²) in [6.07, 6.45) is 5.86. The van der Waals surface area contributed by atoms with Gasteiger partial charge in [-0.15, -0.1) is 0 Å². The number of rotatable bonds is 10. The van der Waals surface area contributed by atoms with Crippen LogP contribution in [0.25, 0.3) is 11.0 Å². The Kier molecular flexibility index (Phi) is 7.98. The summed E-state index contributed by atoms with van der Waals surface area (Å²) in [7, 11) is 0. The molecule has 1 N–H and O–H groups in total. The number of ether oxygens (including phenoxy) is 2. The number of aromatic carboxylic acids is 1. The summed E-state index contributed by atoms with van der Waals surface area (Å²) in [5, 5.41) is 10.5. The molecule has 0 amide bonds. The largest absolute Gasteiger partial charge is 0.482 e. The number of oxazole rings is 1. The molecule has 0 bridgehead atoms. The maximum Gasteiger partial charge on any atom is 0.335 e. The van der Waals surface area contributed by atoms with E-state index in [1.807, 2.05) is 0 Å². The number of likely N-dealkylation sites (tertiary alicyclic amines) is 1. The number of fused-ring (bicyclic) bond motifs is 1. The Bertz CT molecular complexity index is 1510. The summed E-state index contributed by atoms with van der Waals surface area (Å²) in [5.74, 6) is 2.43. The minimum Gasteiger partial charge on any atom is -0.482 e. The van der Waals surface area contributed by atoms with Crippen LogP contribution in [0.4, 0.5) is 0 Å². The van der Waals surface area contributed by atoms with Crippen LogP contribution < -0.4 is 4.74 Å². The summed E-state index contributed by atoms with van der Waals surface area (Å²) in [6, 6.07) is 10.2. The first-order valence-electron chi connectivity index (χ1n) is 13.5. The van der Waals surface area contributed by atoms with Crippen molar-refractivity contribution >= 4 is 40.2 Å². The van der Waals surface area contributed by atoms with Crippen LogP contribution in [0.15, 0.2) is 47.0 Å². The van der Waals surface area contributed by atoms with Crippen molar-refractivity contribution in [1.29, 1.82) is 0 Å². The van der Waals surface area contributed by atoms with Crippen molar-refractivity contribution in [3.63, 3.8) is 0 Å². The lowest BCUT2D eigenvalue weighted by molar-refractivity contribution is -0.0592. The molecule has 2 fully saturated rings. The molecule has 2 aromatic heterocycles. The molecule has 4 aromatic rings. The first-order valence-corrected chi connectivity index (χ1v) is 14.2. The van der Waals surface area contributed by atoms with Crippen molar-refractivity contribution in [1.82, 2.24) is 19.4 Å². The summed E-state index contributed by atoms with van der Waals surface area (Å²) in [4.78, 5) is 23.2. The van der Waals surface area contributed by atoms with Crippen molar-refractivity contribution < 1.29 is 23.8 Å². The van der Waals surface area contributed by atoms with Gasteiger partial charge in [0, 0.05) is 18.1 Å². The van der Waals surface area contributed by atoms with E-state index in [2.05, 4.69) is 14.5 Å². The maximum atomic E-state index is 11.6. The Labute approximate surface area is 241 Å². The van der Waals surface area contributed by atoms with Crippen molar-refractivity contribution in [2.75, 3.05) is 19.7 Å². The molecule has 0 unspecified atom stereocenters. The van der Waals surface area contributed by atoms with E-state index < -0.39 is 5.97 Å². The molecule has 11 heteroatoms. The molecule has 2 saturated heterocycles. The molecule has 0 aliphatic carbocycles. The lowest BCUT2D eigenvalue weighted by Crippen LogP contribution is -2.36. The van der Waals surface area contributed by atoms with Crippen molar-refractivity contribution in [3.8, 4) is 5.75 Å². The number of benzene rings is 2. The van der Waals surface area contributed by atoms with E-state index in [-0.39, 0.29) is 18.3 Å². The lowest BCUT2D eigenvalue weighted by atomic mass is 9.93. The third kappa shape index (κ3) is 6.12. The second-order valence-electron chi connectivity index (χ2n) is 10.4. The number of hydrogen-bond donors (Lipinski definition) is 1. The average Bonchev–Trinajstić information content (AvgIpc) is 3.50. The molecule has 0 radical (unpaired) electrons. The summed E-state index contributed by atoms with van der Waals surface area (Å²) in [6.45, 7) is 4.28. The van der Waals surface area contributed by atoms with E-state index in [0.29, 0.717) is 40.7 Å². The van der Waals surface area contributed by atoms with Crippen LogP contribution in [0, 0.1) is 5.92 Å². The number of nitrogens with zero attached hydrogens (tertiary/aromatic N) is 4. The highest BCUT2D eigenvalue weighted by Crippen LogP contribution is 2.29. The molecule has 6 rings (SSSR count). The fraction of sp³-hybridized carbons (Fsp3) is 0.414. The van der Waals surface area contributed by atoms with Crippen LogP contribution in [-0.4, -0.2) is 56.3 Å². The van der Waals surface area contributed by atoms with Crippen molar-refractivity contribution in [3.05, 3.63) is 75.7 Å². The Balaban J connectivity index is 1.05. The smallest absolute Gasteiger partial charge is 0.335 e. The van der Waals surface area contributed by atoms with Crippen molar-refractivity contribution in [2.24, 2.45) is 5.92 Å². The zero-order valence-electron chi connectivity index (χ0n) is 21.9. The molecule has 0 spiro atoms. The number of aromatic nitrogens is 3. The first kappa shape index (κ1) is 27.1. The van der Waals surface area contributed by atoms with Gasteiger partial charge in [0.25, 0.3) is 0 Å². The molecule has 210 valence electrons. The van der Waals surface area contributed by atoms with Crippen LogP contribution in [0.3, 0.4) is 0 Å². The van der Waals surface area contributed by atoms with Gasteiger partial charge in [0.2, 0.25) is 5.89 Å². The topological polar surface area (TPSA) is 103 Å². The average molecular weight is 585 g/mol. The molecule has 1 atom stereocenters. The van der Waals surface area contributed by atoms with Crippen LogP contribution in [0.2, 0.25) is 10.0 Å². The number of imidazole rings is 1. The van der Waals surface area contributed by atoms with Crippen LogP contribution in [0.5, 0.6) is 5.75 Å². The number of piperidine rings is 1. The number of carbonyl (C=O) groups is 1. The molecule has 2 aliphatic rings. The van der Waals surface area contributed by atoms with E-state index in [9.17, 15) is 9.90 Å². The normalized spacial score (nSPS) is 18.2. The molecule has 2 aromatic carbocycles. The standard InChI is InChI=1S/C29H30Cl2N4O5/c30-20-2-4-26(23(31)13-20)39-17-28-32-14-22(40-28)11-18-5-8-34(9-6-18)16-27-33-24-3-1-19(29(36)37)12-25(24)35(27)15-21-7-10-38-21/h1-4,12-14,18,21H,5-11,15-17H2,(H,36,37)/t21-/m0/s1. The van der Waals surface area contributed by atoms with Crippen LogP contribution in [0.1, 0.15) is 47.1 Å². The van der Waals surface area contributed by atoms with Gasteiger partial charge in [0.1, 0.15) is 17.3 Å². The van der Waals surface area contributed by atoms with Crippen LogP contribution in [-0.2, 0) is 30.9 Å². The lowest BCUT2D eigenvalue weighted by Gasteiger charge is -2.32. The molecule has 40 heavy (non-hydrogen) atoms. The SMILES string of the molecule is O=C(O)c1ccc2nc(CN3CCC(Cc4cnc(COc5ccc(Cl)cc5Cl)o4)CC3)n(C[C@@H]3CCO3)c2c1. The molecule has 9 nitrogen and oxygen atoms in total. The van der Waals surface area contributed by atoms with Gasteiger partial charge in [0.05, 0.1) is 47.0 Å². The van der Waals surface area contributed by atoms with Gasteiger partial charge in [-0.3, -0.25) is 4.90 Å². The van der Waals surface area contributed by atoms with Crippen LogP contribution >= 0.6 is 23.2 Å². The minimum atomic E-state index is -0.935. The van der Waals surface area contributed by atoms with E-state index in [0.717, 1.165) is 68.0 Å².